The molecule has 9 nitrogen and oxygen atoms in total. The zero-order valence-electron chi connectivity index (χ0n) is 12.4. The molecule has 0 radical (unpaired) electrons. The van der Waals surface area contributed by atoms with Crippen molar-refractivity contribution in [2.45, 2.75) is 33.2 Å². The van der Waals surface area contributed by atoms with Crippen molar-refractivity contribution in [3.63, 3.8) is 0 Å². The normalized spacial score (nSPS) is 12.6. The summed E-state index contributed by atoms with van der Waals surface area (Å²) in [6.07, 6.45) is 1.19. The predicted octanol–water partition coefficient (Wildman–Crippen LogP) is 0.203. The maximum atomic E-state index is 11.7. The van der Waals surface area contributed by atoms with E-state index in [1.807, 2.05) is 0 Å². The van der Waals surface area contributed by atoms with Gasteiger partial charge in [-0.2, -0.15) is 0 Å². The quantitative estimate of drug-likeness (QED) is 0.712. The SMILES string of the molecule is CC(NC(=O)NC(=O)CC(C)(C)C(=O)O)c1nncn1C. The van der Waals surface area contributed by atoms with E-state index in [1.54, 1.807) is 18.5 Å². The summed E-state index contributed by atoms with van der Waals surface area (Å²) in [6.45, 7) is 4.51. The lowest BCUT2D eigenvalue weighted by Crippen LogP contribution is -2.43. The minimum atomic E-state index is -1.24. The molecule has 9 heteroatoms. The van der Waals surface area contributed by atoms with E-state index >= 15 is 0 Å². The Balaban J connectivity index is 2.53. The van der Waals surface area contributed by atoms with Gasteiger partial charge in [0, 0.05) is 13.5 Å². The summed E-state index contributed by atoms with van der Waals surface area (Å²) in [5.41, 5.74) is -1.24. The van der Waals surface area contributed by atoms with Crippen LogP contribution in [-0.4, -0.2) is 37.8 Å². The highest BCUT2D eigenvalue weighted by atomic mass is 16.4. The highest BCUT2D eigenvalue weighted by Gasteiger charge is 2.30. The maximum Gasteiger partial charge on any atom is 0.322 e. The van der Waals surface area contributed by atoms with Gasteiger partial charge in [0.25, 0.3) is 0 Å². The van der Waals surface area contributed by atoms with Crippen LogP contribution in [0, 0.1) is 5.41 Å². The fourth-order valence-electron chi connectivity index (χ4n) is 1.63. The molecule has 0 spiro atoms. The van der Waals surface area contributed by atoms with Crippen molar-refractivity contribution in [3.8, 4) is 0 Å². The Hall–Kier alpha value is -2.45. The minimum Gasteiger partial charge on any atom is -0.481 e. The fraction of sp³-hybridized carbons (Fsp3) is 0.583. The number of carbonyl (C=O) groups excluding carboxylic acids is 2. The van der Waals surface area contributed by atoms with Gasteiger partial charge in [-0.25, -0.2) is 4.79 Å². The molecule has 1 aromatic heterocycles. The smallest absolute Gasteiger partial charge is 0.322 e. The van der Waals surface area contributed by atoms with Crippen LogP contribution in [0.1, 0.15) is 39.1 Å². The minimum absolute atomic E-state index is 0.298. The van der Waals surface area contributed by atoms with Gasteiger partial charge in [-0.15, -0.1) is 10.2 Å². The molecule has 1 rings (SSSR count). The van der Waals surface area contributed by atoms with Gasteiger partial charge in [-0.3, -0.25) is 14.9 Å². The van der Waals surface area contributed by atoms with E-state index in [9.17, 15) is 14.4 Å². The van der Waals surface area contributed by atoms with Crippen molar-refractivity contribution < 1.29 is 19.5 Å². The van der Waals surface area contributed by atoms with Crippen molar-refractivity contribution in [1.29, 1.82) is 0 Å². The first-order valence-electron chi connectivity index (χ1n) is 6.31. The van der Waals surface area contributed by atoms with Crippen molar-refractivity contribution in [2.75, 3.05) is 0 Å². The van der Waals surface area contributed by atoms with Gasteiger partial charge in [0.15, 0.2) is 5.82 Å². The first-order chi connectivity index (χ1) is 9.63. The molecule has 1 unspecified atom stereocenters. The Kier molecular flexibility index (Phi) is 5.01. The van der Waals surface area contributed by atoms with Gasteiger partial charge in [0.2, 0.25) is 5.91 Å². The third-order valence-corrected chi connectivity index (χ3v) is 2.92. The Labute approximate surface area is 121 Å². The molecule has 3 N–H and O–H groups in total. The monoisotopic (exact) mass is 297 g/mol. The summed E-state index contributed by atoms with van der Waals surface area (Å²) >= 11 is 0. The summed E-state index contributed by atoms with van der Waals surface area (Å²) in [5, 5.41) is 21.1. The molecule has 1 aromatic rings. The van der Waals surface area contributed by atoms with Crippen molar-refractivity contribution in [2.24, 2.45) is 12.5 Å². The zero-order chi connectivity index (χ0) is 16.2. The number of imide groups is 1. The number of aromatic nitrogens is 3. The number of urea groups is 1. The van der Waals surface area contributed by atoms with Gasteiger partial charge < -0.3 is 15.0 Å². The second-order valence-corrected chi connectivity index (χ2v) is 5.41. The van der Waals surface area contributed by atoms with Gasteiger partial charge >= 0.3 is 12.0 Å². The van der Waals surface area contributed by atoms with E-state index in [2.05, 4.69) is 20.8 Å². The highest BCUT2D eigenvalue weighted by molar-refractivity contribution is 5.96. The molecular formula is C12H19N5O4. The number of rotatable bonds is 5. The first-order valence-corrected chi connectivity index (χ1v) is 6.31. The van der Waals surface area contributed by atoms with Crippen LogP contribution in [0.5, 0.6) is 0 Å². The lowest BCUT2D eigenvalue weighted by molar-refractivity contribution is -0.149. The Morgan fingerprint density at radius 1 is 1.43 bits per heavy atom. The zero-order valence-corrected chi connectivity index (χ0v) is 12.4. The average Bonchev–Trinajstić information content (AvgIpc) is 2.73. The second-order valence-electron chi connectivity index (χ2n) is 5.41. The number of carboxylic acids is 1. The molecule has 0 saturated heterocycles. The number of nitrogens with one attached hydrogen (secondary N) is 2. The van der Waals surface area contributed by atoms with Crippen LogP contribution in [0.25, 0.3) is 0 Å². The van der Waals surface area contributed by atoms with Crippen LogP contribution >= 0.6 is 0 Å². The van der Waals surface area contributed by atoms with Gasteiger partial charge in [-0.1, -0.05) is 0 Å². The molecule has 0 saturated carbocycles. The molecule has 0 aromatic carbocycles. The predicted molar refractivity (Wildman–Crippen MR) is 72.1 cm³/mol. The van der Waals surface area contributed by atoms with Crippen molar-refractivity contribution in [1.82, 2.24) is 25.4 Å². The van der Waals surface area contributed by atoms with Crippen LogP contribution in [-0.2, 0) is 16.6 Å². The van der Waals surface area contributed by atoms with Crippen LogP contribution in [0.4, 0.5) is 4.79 Å². The molecule has 0 fully saturated rings. The van der Waals surface area contributed by atoms with E-state index in [-0.39, 0.29) is 6.42 Å². The van der Waals surface area contributed by atoms with E-state index in [0.29, 0.717) is 5.82 Å². The largest absolute Gasteiger partial charge is 0.481 e. The van der Waals surface area contributed by atoms with E-state index in [0.717, 1.165) is 0 Å². The van der Waals surface area contributed by atoms with Gasteiger partial charge in [0.1, 0.15) is 6.33 Å². The number of carbonyl (C=O) groups is 3. The molecule has 3 amide bonds. The van der Waals surface area contributed by atoms with Crippen LogP contribution in [0.3, 0.4) is 0 Å². The molecule has 0 aliphatic carbocycles. The molecule has 0 bridgehead atoms. The summed E-state index contributed by atoms with van der Waals surface area (Å²) in [6, 6.07) is -1.16. The summed E-state index contributed by atoms with van der Waals surface area (Å²) in [5.74, 6) is -1.24. The van der Waals surface area contributed by atoms with Crippen molar-refractivity contribution >= 4 is 17.9 Å². The summed E-state index contributed by atoms with van der Waals surface area (Å²) < 4.78 is 1.64. The summed E-state index contributed by atoms with van der Waals surface area (Å²) in [7, 11) is 1.73. The Morgan fingerprint density at radius 2 is 2.05 bits per heavy atom. The number of amides is 3. The Bertz CT molecular complexity index is 552. The topological polar surface area (TPSA) is 126 Å². The highest BCUT2D eigenvalue weighted by Crippen LogP contribution is 2.19. The van der Waals surface area contributed by atoms with E-state index in [1.165, 1.54) is 20.2 Å². The molecule has 1 atom stereocenters. The van der Waals surface area contributed by atoms with Gasteiger partial charge in [0.05, 0.1) is 11.5 Å². The molecule has 116 valence electrons. The van der Waals surface area contributed by atoms with Crippen LogP contribution < -0.4 is 10.6 Å². The number of hydrogen-bond acceptors (Lipinski definition) is 5. The first kappa shape index (κ1) is 16.6. The number of nitrogens with zero attached hydrogens (tertiary/aromatic N) is 3. The van der Waals surface area contributed by atoms with Gasteiger partial charge in [-0.05, 0) is 20.8 Å². The lowest BCUT2D eigenvalue weighted by Gasteiger charge is -2.18. The number of hydrogen-bond donors (Lipinski definition) is 3. The van der Waals surface area contributed by atoms with Crippen LogP contribution in [0.2, 0.25) is 0 Å². The third kappa shape index (κ3) is 4.55. The van der Waals surface area contributed by atoms with Crippen LogP contribution in [0.15, 0.2) is 6.33 Å². The number of aryl methyl sites for hydroxylation is 1. The van der Waals surface area contributed by atoms with E-state index in [4.69, 9.17) is 5.11 Å². The van der Waals surface area contributed by atoms with Crippen molar-refractivity contribution in [3.05, 3.63) is 12.2 Å². The number of aliphatic carboxylic acids is 1. The fourth-order valence-corrected chi connectivity index (χ4v) is 1.63. The molecule has 0 aliphatic rings. The molecule has 1 heterocycles. The number of carboxylic acid groups (broad SMARTS) is 1. The average molecular weight is 297 g/mol. The summed E-state index contributed by atoms with van der Waals surface area (Å²) in [4.78, 5) is 34.2. The lowest BCUT2D eigenvalue weighted by atomic mass is 9.89. The molecular weight excluding hydrogens is 278 g/mol. The Morgan fingerprint density at radius 3 is 2.52 bits per heavy atom. The third-order valence-electron chi connectivity index (χ3n) is 2.92. The standard InChI is InChI=1S/C12H19N5O4/c1-7(9-16-13-6-17(9)4)14-11(21)15-8(18)5-12(2,3)10(19)20/h6-7H,5H2,1-4H3,(H,19,20)(H2,14,15,18,21). The second kappa shape index (κ2) is 6.33. The molecule has 21 heavy (non-hydrogen) atoms. The maximum absolute atomic E-state index is 11.7. The van der Waals surface area contributed by atoms with E-state index < -0.39 is 29.4 Å². The molecule has 0 aliphatic heterocycles.